The summed E-state index contributed by atoms with van der Waals surface area (Å²) < 4.78 is 61.2. The second-order valence-corrected chi connectivity index (χ2v) is 7.95. The Bertz CT molecular complexity index is 820. The summed E-state index contributed by atoms with van der Waals surface area (Å²) in [6.45, 7) is 0. The molecule has 1 aromatic carbocycles. The minimum absolute atomic E-state index is 0.0234. The van der Waals surface area contributed by atoms with Crippen LogP contribution in [0.5, 0.6) is 0 Å². The van der Waals surface area contributed by atoms with Crippen LogP contribution in [-0.4, -0.2) is 32.0 Å². The van der Waals surface area contributed by atoms with Gasteiger partial charge >= 0.3 is 12.1 Å². The summed E-state index contributed by atoms with van der Waals surface area (Å²) in [6, 6.07) is 2.11. The van der Waals surface area contributed by atoms with Crippen LogP contribution in [0.3, 0.4) is 0 Å². The summed E-state index contributed by atoms with van der Waals surface area (Å²) >= 11 is 5.67. The van der Waals surface area contributed by atoms with Gasteiger partial charge in [0, 0.05) is 6.26 Å². The molecule has 1 rings (SSSR count). The van der Waals surface area contributed by atoms with E-state index in [0.29, 0.717) is 12.1 Å². The number of alkyl halides is 3. The molecule has 0 aliphatic rings. The highest BCUT2D eigenvalue weighted by molar-refractivity contribution is 9.14. The lowest BCUT2D eigenvalue weighted by Crippen LogP contribution is -2.09. The minimum Gasteiger partial charge on any atom is -0.477 e. The standard InChI is InChI=1S/C12H9Br2F3N2O4S/c1-24(22,23)9-4-6(12(15,16)17)2-3-8(9)19-18-5-7(13)10(14)11(20)21/h2-5,19H,1H3,(H,20,21)/b10-7+,18-5-. The first kappa shape index (κ1) is 20.6. The van der Waals surface area contributed by atoms with Gasteiger partial charge in [-0.1, -0.05) is 0 Å². The van der Waals surface area contributed by atoms with E-state index < -0.39 is 32.4 Å². The number of hydrazone groups is 1. The third-order valence-corrected chi connectivity index (χ3v) is 5.51. The number of anilines is 1. The maximum atomic E-state index is 12.7. The predicted octanol–water partition coefficient (Wildman–Crippen LogP) is 3.59. The van der Waals surface area contributed by atoms with E-state index in [0.717, 1.165) is 18.5 Å². The fourth-order valence-electron chi connectivity index (χ4n) is 1.42. The highest BCUT2D eigenvalue weighted by atomic mass is 79.9. The lowest BCUT2D eigenvalue weighted by molar-refractivity contribution is -0.137. The zero-order valence-electron chi connectivity index (χ0n) is 11.7. The first-order chi connectivity index (χ1) is 10.8. The number of carbonyl (C=O) groups is 1. The lowest BCUT2D eigenvalue weighted by Gasteiger charge is -2.12. The quantitative estimate of drug-likeness (QED) is 0.371. The zero-order chi connectivity index (χ0) is 18.7. The molecular weight excluding hydrogens is 485 g/mol. The molecule has 0 unspecified atom stereocenters. The number of sulfone groups is 1. The van der Waals surface area contributed by atoms with Crippen molar-refractivity contribution in [1.29, 1.82) is 0 Å². The van der Waals surface area contributed by atoms with Crippen molar-refractivity contribution in [2.45, 2.75) is 11.1 Å². The molecule has 0 saturated carbocycles. The van der Waals surface area contributed by atoms with E-state index in [-0.39, 0.29) is 14.7 Å². The SMILES string of the molecule is CS(=O)(=O)c1cc(C(F)(F)F)ccc1N/N=C\C(Br)=C(/Br)C(=O)O. The van der Waals surface area contributed by atoms with Crippen molar-refractivity contribution in [3.05, 3.63) is 32.7 Å². The van der Waals surface area contributed by atoms with Gasteiger partial charge in [0.15, 0.2) is 9.84 Å². The Hall–Kier alpha value is -1.40. The number of hydrogen-bond acceptors (Lipinski definition) is 5. The van der Waals surface area contributed by atoms with Crippen LogP contribution in [-0.2, 0) is 20.8 Å². The van der Waals surface area contributed by atoms with Crippen molar-refractivity contribution in [3.8, 4) is 0 Å². The van der Waals surface area contributed by atoms with E-state index in [1.165, 1.54) is 0 Å². The summed E-state index contributed by atoms with van der Waals surface area (Å²) in [5.41, 5.74) is 0.963. The van der Waals surface area contributed by atoms with E-state index in [9.17, 15) is 26.4 Å². The molecule has 0 aromatic heterocycles. The molecule has 0 spiro atoms. The van der Waals surface area contributed by atoms with Gasteiger partial charge in [-0.25, -0.2) is 13.2 Å². The van der Waals surface area contributed by atoms with Crippen LogP contribution in [0.25, 0.3) is 0 Å². The van der Waals surface area contributed by atoms with Gasteiger partial charge in [-0.3, -0.25) is 5.43 Å². The van der Waals surface area contributed by atoms with Crippen molar-refractivity contribution in [2.75, 3.05) is 11.7 Å². The first-order valence-corrected chi connectivity index (χ1v) is 9.30. The van der Waals surface area contributed by atoms with Crippen molar-refractivity contribution < 1.29 is 31.5 Å². The van der Waals surface area contributed by atoms with E-state index >= 15 is 0 Å². The molecule has 1 aromatic rings. The van der Waals surface area contributed by atoms with E-state index in [1.807, 2.05) is 0 Å². The molecule has 24 heavy (non-hydrogen) atoms. The molecule has 0 radical (unpaired) electrons. The molecular formula is C12H9Br2F3N2O4S. The molecule has 0 amide bonds. The number of halogens is 5. The van der Waals surface area contributed by atoms with Gasteiger partial charge in [0.2, 0.25) is 0 Å². The predicted molar refractivity (Wildman–Crippen MR) is 89.2 cm³/mol. The third kappa shape index (κ3) is 5.60. The van der Waals surface area contributed by atoms with Crippen LogP contribution < -0.4 is 5.43 Å². The smallest absolute Gasteiger partial charge is 0.416 e. The highest BCUT2D eigenvalue weighted by Crippen LogP contribution is 2.33. The number of hydrogen-bond donors (Lipinski definition) is 2. The second-order valence-electron chi connectivity index (χ2n) is 4.32. The average molecular weight is 494 g/mol. The fraction of sp³-hybridized carbons (Fsp3) is 0.167. The van der Waals surface area contributed by atoms with Gasteiger partial charge in [-0.15, -0.1) is 0 Å². The molecule has 0 aliphatic heterocycles. The van der Waals surface area contributed by atoms with Gasteiger partial charge in [0.1, 0.15) is 4.48 Å². The molecule has 0 saturated heterocycles. The second kappa shape index (κ2) is 7.66. The Morgan fingerprint density at radius 2 is 1.92 bits per heavy atom. The van der Waals surface area contributed by atoms with E-state index in [2.05, 4.69) is 42.4 Å². The maximum absolute atomic E-state index is 12.7. The molecule has 0 fully saturated rings. The molecule has 0 aliphatic carbocycles. The number of carboxylic acids is 1. The van der Waals surface area contributed by atoms with Crippen molar-refractivity contribution >= 4 is 59.6 Å². The number of nitrogens with zero attached hydrogens (tertiary/aromatic N) is 1. The van der Waals surface area contributed by atoms with Crippen LogP contribution in [0.1, 0.15) is 5.56 Å². The van der Waals surface area contributed by atoms with E-state index in [1.54, 1.807) is 0 Å². The summed E-state index contributed by atoms with van der Waals surface area (Å²) in [5.74, 6) is -1.28. The number of rotatable bonds is 5. The molecule has 2 N–H and O–H groups in total. The molecule has 6 nitrogen and oxygen atoms in total. The number of nitrogens with one attached hydrogen (secondary N) is 1. The van der Waals surface area contributed by atoms with Crippen LogP contribution in [0.15, 0.2) is 37.2 Å². The summed E-state index contributed by atoms with van der Waals surface area (Å²) in [6.07, 6.45) is -2.94. The van der Waals surface area contributed by atoms with Crippen molar-refractivity contribution in [2.24, 2.45) is 5.10 Å². The molecule has 0 heterocycles. The Labute approximate surface area is 151 Å². The van der Waals surface area contributed by atoms with Crippen LogP contribution >= 0.6 is 31.9 Å². The lowest BCUT2D eigenvalue weighted by atomic mass is 10.2. The fourth-order valence-corrected chi connectivity index (χ4v) is 2.64. The normalized spacial score (nSPS) is 13.8. The Balaban J connectivity index is 3.22. The highest BCUT2D eigenvalue weighted by Gasteiger charge is 2.32. The average Bonchev–Trinajstić information content (AvgIpc) is 2.44. The third-order valence-electron chi connectivity index (χ3n) is 2.47. The number of benzene rings is 1. The largest absolute Gasteiger partial charge is 0.477 e. The Morgan fingerprint density at radius 3 is 2.38 bits per heavy atom. The Morgan fingerprint density at radius 1 is 1.33 bits per heavy atom. The van der Waals surface area contributed by atoms with Crippen LogP contribution in [0, 0.1) is 0 Å². The molecule has 0 bridgehead atoms. The summed E-state index contributed by atoms with van der Waals surface area (Å²) in [7, 11) is -3.96. The van der Waals surface area contributed by atoms with Gasteiger partial charge < -0.3 is 5.11 Å². The van der Waals surface area contributed by atoms with Gasteiger partial charge in [-0.2, -0.15) is 18.3 Å². The van der Waals surface area contributed by atoms with Crippen molar-refractivity contribution in [1.82, 2.24) is 0 Å². The van der Waals surface area contributed by atoms with Gasteiger partial charge in [-0.05, 0) is 50.1 Å². The van der Waals surface area contributed by atoms with Crippen molar-refractivity contribution in [3.63, 3.8) is 0 Å². The summed E-state index contributed by atoms with van der Waals surface area (Å²) in [5, 5.41) is 12.3. The molecule has 12 heteroatoms. The number of allylic oxidation sites excluding steroid dienone is 1. The monoisotopic (exact) mass is 492 g/mol. The van der Waals surface area contributed by atoms with Gasteiger partial charge in [0.05, 0.1) is 26.8 Å². The molecule has 0 atom stereocenters. The first-order valence-electron chi connectivity index (χ1n) is 5.83. The Kier molecular flexibility index (Phi) is 6.59. The van der Waals surface area contributed by atoms with E-state index in [4.69, 9.17) is 5.11 Å². The minimum atomic E-state index is -4.70. The maximum Gasteiger partial charge on any atom is 0.416 e. The topological polar surface area (TPSA) is 95.8 Å². The number of aliphatic carboxylic acids is 1. The van der Waals surface area contributed by atoms with Crippen LogP contribution in [0.4, 0.5) is 18.9 Å². The number of carboxylic acid groups (broad SMARTS) is 1. The molecule has 132 valence electrons. The zero-order valence-corrected chi connectivity index (χ0v) is 15.7. The summed E-state index contributed by atoms with van der Waals surface area (Å²) in [4.78, 5) is 10.1. The van der Waals surface area contributed by atoms with Crippen LogP contribution in [0.2, 0.25) is 0 Å². The van der Waals surface area contributed by atoms with Gasteiger partial charge in [0.25, 0.3) is 0 Å².